The zero-order chi connectivity index (χ0) is 11.4. The van der Waals surface area contributed by atoms with Gasteiger partial charge in [-0.2, -0.15) is 0 Å². The van der Waals surface area contributed by atoms with Crippen LogP contribution in [0.1, 0.15) is 29.6 Å². The molecule has 0 aliphatic carbocycles. The lowest BCUT2D eigenvalue weighted by Gasteiger charge is -2.12. The standard InChI is InChI=1S/C13H16IOS/c14-12-6-4-11(5-7-12)13(15)10-16-8-2-1-3-9-16/h4-7H,1-3,8-10H2/q+1. The van der Waals surface area contributed by atoms with Gasteiger partial charge in [0.1, 0.15) is 11.5 Å². The van der Waals surface area contributed by atoms with Gasteiger partial charge >= 0.3 is 0 Å². The summed E-state index contributed by atoms with van der Waals surface area (Å²) >= 11 is 2.27. The van der Waals surface area contributed by atoms with Crippen LogP contribution in [0.4, 0.5) is 0 Å². The summed E-state index contributed by atoms with van der Waals surface area (Å²) in [6.45, 7) is 0. The second-order valence-corrected chi connectivity index (χ2v) is 7.73. The van der Waals surface area contributed by atoms with E-state index in [1.807, 2.05) is 24.3 Å². The summed E-state index contributed by atoms with van der Waals surface area (Å²) in [6, 6.07) is 7.93. The fraction of sp³-hybridized carbons (Fsp3) is 0.462. The molecule has 1 nitrogen and oxygen atoms in total. The van der Waals surface area contributed by atoms with Crippen LogP contribution >= 0.6 is 22.6 Å². The first-order chi connectivity index (χ1) is 7.75. The Balaban J connectivity index is 1.94. The number of ketones is 1. The molecule has 1 heterocycles. The minimum Gasteiger partial charge on any atom is -0.289 e. The lowest BCUT2D eigenvalue weighted by atomic mass is 10.2. The van der Waals surface area contributed by atoms with Crippen molar-refractivity contribution in [3.05, 3.63) is 33.4 Å². The van der Waals surface area contributed by atoms with Crippen molar-refractivity contribution in [2.24, 2.45) is 0 Å². The van der Waals surface area contributed by atoms with E-state index >= 15 is 0 Å². The zero-order valence-corrected chi connectivity index (χ0v) is 12.2. The molecule has 0 unspecified atom stereocenters. The first-order valence-corrected chi connectivity index (χ1v) is 8.49. The minimum atomic E-state index is 0.335. The summed E-state index contributed by atoms with van der Waals surface area (Å²) < 4.78 is 1.19. The van der Waals surface area contributed by atoms with Crippen LogP contribution in [0.25, 0.3) is 0 Å². The Hall–Kier alpha value is -0.0300. The molecule has 1 aromatic carbocycles. The lowest BCUT2D eigenvalue weighted by Crippen LogP contribution is -2.25. The minimum absolute atomic E-state index is 0.335. The molecule has 1 aliphatic heterocycles. The molecule has 0 aromatic heterocycles. The van der Waals surface area contributed by atoms with Crippen molar-refractivity contribution in [3.8, 4) is 0 Å². The van der Waals surface area contributed by atoms with Crippen molar-refractivity contribution in [1.82, 2.24) is 0 Å². The van der Waals surface area contributed by atoms with Gasteiger partial charge in [0.15, 0.2) is 5.75 Å². The molecule has 2 rings (SSSR count). The summed E-state index contributed by atoms with van der Waals surface area (Å²) in [5.74, 6) is 3.66. The molecule has 1 aromatic rings. The van der Waals surface area contributed by atoms with Gasteiger partial charge in [0.25, 0.3) is 0 Å². The number of Topliss-reactive ketones (excluding diaryl/α,β-unsaturated/α-hetero) is 1. The molecular formula is C13H16IOS+. The van der Waals surface area contributed by atoms with Gasteiger partial charge < -0.3 is 0 Å². The average molecular weight is 347 g/mol. The quantitative estimate of drug-likeness (QED) is 0.466. The Bertz CT molecular complexity index is 355. The van der Waals surface area contributed by atoms with Crippen molar-refractivity contribution >= 4 is 39.3 Å². The molecule has 0 bridgehead atoms. The zero-order valence-electron chi connectivity index (χ0n) is 9.25. The van der Waals surface area contributed by atoms with Crippen molar-refractivity contribution in [2.45, 2.75) is 19.3 Å². The van der Waals surface area contributed by atoms with Gasteiger partial charge in [0, 0.05) is 9.13 Å². The molecule has 1 fully saturated rings. The van der Waals surface area contributed by atoms with E-state index in [0.717, 1.165) is 11.3 Å². The second-order valence-electron chi connectivity index (χ2n) is 4.16. The average Bonchev–Trinajstić information content (AvgIpc) is 2.31. The number of hydrogen-bond donors (Lipinski definition) is 0. The van der Waals surface area contributed by atoms with E-state index in [9.17, 15) is 4.79 Å². The topological polar surface area (TPSA) is 17.1 Å². The molecule has 0 atom stereocenters. The molecule has 1 aliphatic rings. The lowest BCUT2D eigenvalue weighted by molar-refractivity contribution is 0.102. The number of carbonyl (C=O) groups excluding carboxylic acids is 1. The number of benzene rings is 1. The fourth-order valence-corrected chi connectivity index (χ4v) is 4.55. The summed E-state index contributed by atoms with van der Waals surface area (Å²) in [5, 5.41) is 0. The Labute approximate surface area is 113 Å². The Morgan fingerprint density at radius 1 is 1.12 bits per heavy atom. The monoisotopic (exact) mass is 347 g/mol. The van der Waals surface area contributed by atoms with Gasteiger partial charge in [-0.1, -0.05) is 12.1 Å². The predicted molar refractivity (Wildman–Crippen MR) is 79.3 cm³/mol. The normalized spacial score (nSPS) is 17.3. The van der Waals surface area contributed by atoms with Gasteiger partial charge in [0.05, 0.1) is 0 Å². The predicted octanol–water partition coefficient (Wildman–Crippen LogP) is 3.28. The molecule has 1 saturated heterocycles. The summed E-state index contributed by atoms with van der Waals surface area (Å²) in [4.78, 5) is 12.0. The summed E-state index contributed by atoms with van der Waals surface area (Å²) in [7, 11) is 0.368. The van der Waals surface area contributed by atoms with Gasteiger partial charge in [-0.3, -0.25) is 4.79 Å². The van der Waals surface area contributed by atoms with Crippen LogP contribution in [0.3, 0.4) is 0 Å². The van der Waals surface area contributed by atoms with Gasteiger partial charge in [-0.15, -0.1) is 0 Å². The summed E-state index contributed by atoms with van der Waals surface area (Å²) in [6.07, 6.45) is 4.01. The van der Waals surface area contributed by atoms with Crippen LogP contribution in [0.5, 0.6) is 0 Å². The Kier molecular flexibility index (Phi) is 4.70. The van der Waals surface area contributed by atoms with Crippen LogP contribution in [-0.4, -0.2) is 23.0 Å². The number of rotatable bonds is 3. The molecule has 3 heteroatoms. The van der Waals surface area contributed by atoms with Crippen LogP contribution in [0, 0.1) is 3.57 Å². The maximum Gasteiger partial charge on any atom is 0.211 e. The molecule has 0 radical (unpaired) electrons. The molecule has 0 amide bonds. The van der Waals surface area contributed by atoms with Crippen LogP contribution in [0.15, 0.2) is 24.3 Å². The van der Waals surface area contributed by atoms with E-state index in [1.54, 1.807) is 0 Å². The third-order valence-corrected chi connectivity index (χ3v) is 5.99. The Morgan fingerprint density at radius 3 is 2.38 bits per heavy atom. The SMILES string of the molecule is O=C(C[S+]1CCCCC1)c1ccc(I)cc1. The number of halogens is 1. The van der Waals surface area contributed by atoms with Gasteiger partial charge in [-0.25, -0.2) is 0 Å². The van der Waals surface area contributed by atoms with Crippen LogP contribution < -0.4 is 0 Å². The van der Waals surface area contributed by atoms with Gasteiger partial charge in [-0.05, 0) is 64.9 Å². The largest absolute Gasteiger partial charge is 0.289 e. The van der Waals surface area contributed by atoms with E-state index < -0.39 is 0 Å². The second kappa shape index (κ2) is 6.05. The van der Waals surface area contributed by atoms with Crippen molar-refractivity contribution in [3.63, 3.8) is 0 Å². The van der Waals surface area contributed by atoms with E-state index in [4.69, 9.17) is 0 Å². The fourth-order valence-electron chi connectivity index (χ4n) is 1.94. The van der Waals surface area contributed by atoms with Crippen molar-refractivity contribution < 1.29 is 4.79 Å². The number of carbonyl (C=O) groups is 1. The van der Waals surface area contributed by atoms with E-state index in [-0.39, 0.29) is 0 Å². The molecule has 86 valence electrons. The highest BCUT2D eigenvalue weighted by Crippen LogP contribution is 2.16. The molecular weight excluding hydrogens is 331 g/mol. The molecule has 0 N–H and O–H groups in total. The van der Waals surface area contributed by atoms with Crippen molar-refractivity contribution in [2.75, 3.05) is 17.3 Å². The summed E-state index contributed by atoms with van der Waals surface area (Å²) in [5.41, 5.74) is 0.887. The smallest absolute Gasteiger partial charge is 0.211 e. The highest BCUT2D eigenvalue weighted by atomic mass is 127. The third kappa shape index (κ3) is 3.48. The maximum atomic E-state index is 12.0. The highest BCUT2D eigenvalue weighted by molar-refractivity contribution is 14.1. The third-order valence-electron chi connectivity index (χ3n) is 2.87. The van der Waals surface area contributed by atoms with Gasteiger partial charge in [0.2, 0.25) is 5.78 Å². The molecule has 0 saturated carbocycles. The number of hydrogen-bond acceptors (Lipinski definition) is 1. The van der Waals surface area contributed by atoms with Crippen LogP contribution in [-0.2, 0) is 10.9 Å². The molecule has 0 spiro atoms. The first kappa shape index (κ1) is 12.4. The van der Waals surface area contributed by atoms with Crippen LogP contribution in [0.2, 0.25) is 0 Å². The van der Waals surface area contributed by atoms with E-state index in [1.165, 1.54) is 34.3 Å². The van der Waals surface area contributed by atoms with Crippen molar-refractivity contribution in [1.29, 1.82) is 0 Å². The van der Waals surface area contributed by atoms with E-state index in [2.05, 4.69) is 22.6 Å². The maximum absolute atomic E-state index is 12.0. The Morgan fingerprint density at radius 2 is 1.75 bits per heavy atom. The highest BCUT2D eigenvalue weighted by Gasteiger charge is 2.25. The molecule has 16 heavy (non-hydrogen) atoms. The first-order valence-electron chi connectivity index (χ1n) is 5.68. The van der Waals surface area contributed by atoms with E-state index in [0.29, 0.717) is 16.7 Å².